The molecule has 0 radical (unpaired) electrons. The summed E-state index contributed by atoms with van der Waals surface area (Å²) in [5.41, 5.74) is -1.53. The largest absolute Gasteiger partial charge is 0.507 e. The molecule has 1 aliphatic heterocycles. The quantitative estimate of drug-likeness (QED) is 0.785. The molecule has 2 atom stereocenters. The molecular formula is C17H18O7. The van der Waals surface area contributed by atoms with Gasteiger partial charge in [-0.3, -0.25) is 4.79 Å². The van der Waals surface area contributed by atoms with E-state index in [4.69, 9.17) is 14.2 Å². The van der Waals surface area contributed by atoms with Crippen molar-refractivity contribution in [3.63, 3.8) is 0 Å². The van der Waals surface area contributed by atoms with Crippen LogP contribution in [0.25, 0.3) is 0 Å². The van der Waals surface area contributed by atoms with Crippen LogP contribution in [0.4, 0.5) is 0 Å². The molecule has 0 saturated carbocycles. The Morgan fingerprint density at radius 1 is 1.38 bits per heavy atom. The Bertz CT molecular complexity index is 764. The first kappa shape index (κ1) is 16.3. The number of rotatable bonds is 2. The lowest BCUT2D eigenvalue weighted by atomic mass is 9.74. The van der Waals surface area contributed by atoms with Crippen molar-refractivity contribution in [2.24, 2.45) is 0 Å². The zero-order chi connectivity index (χ0) is 17.6. The maximum absolute atomic E-state index is 13.0. The van der Waals surface area contributed by atoms with Gasteiger partial charge in [-0.05, 0) is 31.0 Å². The van der Waals surface area contributed by atoms with Crippen molar-refractivity contribution in [3.8, 4) is 11.5 Å². The maximum Gasteiger partial charge on any atom is 0.358 e. The van der Waals surface area contributed by atoms with Gasteiger partial charge in [0.15, 0.2) is 0 Å². The molecule has 0 fully saturated rings. The SMILES string of the molecule is COC(=O)C12Oc3cc(C)cc(O)c3C(=O)C1=C(OC)CCC2O. The number of aryl methyl sites for hydroxylation is 1. The number of benzene rings is 1. The second-order valence-electron chi connectivity index (χ2n) is 5.87. The van der Waals surface area contributed by atoms with Crippen molar-refractivity contribution < 1.29 is 34.0 Å². The predicted molar refractivity (Wildman–Crippen MR) is 81.8 cm³/mol. The molecule has 7 nitrogen and oxygen atoms in total. The third-order valence-corrected chi connectivity index (χ3v) is 4.45. The van der Waals surface area contributed by atoms with Gasteiger partial charge in [-0.25, -0.2) is 4.79 Å². The van der Waals surface area contributed by atoms with Gasteiger partial charge in [0, 0.05) is 6.42 Å². The Kier molecular flexibility index (Phi) is 3.76. The second kappa shape index (κ2) is 5.52. The third kappa shape index (κ3) is 2.01. The number of aromatic hydroxyl groups is 1. The number of methoxy groups -OCH3 is 2. The predicted octanol–water partition coefficient (Wildman–Crippen LogP) is 1.24. The van der Waals surface area contributed by atoms with Crippen molar-refractivity contribution in [1.82, 2.24) is 0 Å². The lowest BCUT2D eigenvalue weighted by Gasteiger charge is -2.43. The van der Waals surface area contributed by atoms with Gasteiger partial charge < -0.3 is 24.4 Å². The van der Waals surface area contributed by atoms with E-state index in [1.54, 1.807) is 6.92 Å². The molecule has 128 valence electrons. The molecule has 7 heteroatoms. The molecule has 0 bridgehead atoms. The fourth-order valence-electron chi connectivity index (χ4n) is 3.36. The molecule has 0 saturated heterocycles. The van der Waals surface area contributed by atoms with Gasteiger partial charge in [0.05, 0.1) is 19.8 Å². The second-order valence-corrected chi connectivity index (χ2v) is 5.87. The normalized spacial score (nSPS) is 25.5. The van der Waals surface area contributed by atoms with Gasteiger partial charge in [0.2, 0.25) is 5.78 Å². The Morgan fingerprint density at radius 2 is 2.08 bits per heavy atom. The summed E-state index contributed by atoms with van der Waals surface area (Å²) < 4.78 is 15.9. The van der Waals surface area contributed by atoms with Gasteiger partial charge in [-0.15, -0.1) is 0 Å². The van der Waals surface area contributed by atoms with E-state index >= 15 is 0 Å². The molecule has 0 aromatic heterocycles. The number of carbonyl (C=O) groups is 2. The summed E-state index contributed by atoms with van der Waals surface area (Å²) >= 11 is 0. The van der Waals surface area contributed by atoms with Crippen molar-refractivity contribution in [2.45, 2.75) is 31.5 Å². The number of aliphatic hydroxyl groups is 1. The van der Waals surface area contributed by atoms with Crippen LogP contribution in [0.3, 0.4) is 0 Å². The number of hydrogen-bond acceptors (Lipinski definition) is 7. The van der Waals surface area contributed by atoms with Crippen molar-refractivity contribution >= 4 is 11.8 Å². The number of allylic oxidation sites excluding steroid dienone is 1. The summed E-state index contributed by atoms with van der Waals surface area (Å²) in [6.07, 6.45) is -0.844. The topological polar surface area (TPSA) is 102 Å². The number of Topliss-reactive ketones (excluding diaryl/α,β-unsaturated/α-hetero) is 1. The number of ketones is 1. The highest BCUT2D eigenvalue weighted by Gasteiger charge is 2.61. The van der Waals surface area contributed by atoms with Crippen LogP contribution in [0.15, 0.2) is 23.5 Å². The van der Waals surface area contributed by atoms with Crippen LogP contribution in [-0.4, -0.2) is 47.9 Å². The minimum Gasteiger partial charge on any atom is -0.507 e. The Balaban J connectivity index is 2.35. The number of esters is 1. The number of fused-ring (bicyclic) bond motifs is 2. The standard InChI is InChI=1S/C17H18O7/c1-8-6-9(18)13-11(7-8)24-17(16(21)23-3)12(19)5-4-10(22-2)14(17)15(13)20/h6-7,12,18-19H,4-5H2,1-3H3. The number of carbonyl (C=O) groups excluding carboxylic acids is 2. The minimum absolute atomic E-state index is 0.0306. The van der Waals surface area contributed by atoms with Gasteiger partial charge >= 0.3 is 5.97 Å². The van der Waals surface area contributed by atoms with Crippen molar-refractivity contribution in [3.05, 3.63) is 34.6 Å². The molecule has 2 N–H and O–H groups in total. The fraction of sp³-hybridized carbons (Fsp3) is 0.412. The summed E-state index contributed by atoms with van der Waals surface area (Å²) in [6.45, 7) is 1.71. The highest BCUT2D eigenvalue weighted by atomic mass is 16.6. The van der Waals surface area contributed by atoms with E-state index in [-0.39, 0.29) is 41.2 Å². The first-order valence-corrected chi connectivity index (χ1v) is 7.48. The van der Waals surface area contributed by atoms with E-state index in [0.717, 1.165) is 7.11 Å². The molecule has 3 rings (SSSR count). The number of phenolic OH excluding ortho intramolecular Hbond substituents is 1. The molecule has 24 heavy (non-hydrogen) atoms. The highest BCUT2D eigenvalue weighted by molar-refractivity contribution is 6.18. The molecule has 0 spiro atoms. The Labute approximate surface area is 138 Å². The van der Waals surface area contributed by atoms with Crippen LogP contribution in [-0.2, 0) is 14.3 Å². The summed E-state index contributed by atoms with van der Waals surface area (Å²) in [5.74, 6) is -1.49. The van der Waals surface area contributed by atoms with Crippen LogP contribution in [0.5, 0.6) is 11.5 Å². The van der Waals surface area contributed by atoms with E-state index in [0.29, 0.717) is 5.56 Å². The summed E-state index contributed by atoms with van der Waals surface area (Å²) in [6, 6.07) is 2.96. The van der Waals surface area contributed by atoms with Crippen molar-refractivity contribution in [2.75, 3.05) is 14.2 Å². The molecule has 2 unspecified atom stereocenters. The van der Waals surface area contributed by atoms with Crippen LogP contribution < -0.4 is 4.74 Å². The fourth-order valence-corrected chi connectivity index (χ4v) is 3.36. The first-order chi connectivity index (χ1) is 11.4. The molecule has 1 aromatic carbocycles. The minimum atomic E-state index is -2.00. The third-order valence-electron chi connectivity index (χ3n) is 4.45. The Morgan fingerprint density at radius 3 is 2.71 bits per heavy atom. The van der Waals surface area contributed by atoms with Gasteiger partial charge in [0.25, 0.3) is 5.60 Å². The lowest BCUT2D eigenvalue weighted by molar-refractivity contribution is -0.167. The monoisotopic (exact) mass is 334 g/mol. The Hall–Kier alpha value is -2.54. The highest BCUT2D eigenvalue weighted by Crippen LogP contribution is 2.48. The molecule has 0 amide bonds. The summed E-state index contributed by atoms with van der Waals surface area (Å²) in [5, 5.41) is 20.7. The molecule has 2 aliphatic rings. The van der Waals surface area contributed by atoms with E-state index in [9.17, 15) is 19.8 Å². The summed E-state index contributed by atoms with van der Waals surface area (Å²) in [7, 11) is 2.53. The van der Waals surface area contributed by atoms with Crippen LogP contribution in [0.2, 0.25) is 0 Å². The molecule has 1 aliphatic carbocycles. The molecular weight excluding hydrogens is 316 g/mol. The first-order valence-electron chi connectivity index (χ1n) is 7.48. The van der Waals surface area contributed by atoms with E-state index in [1.807, 2.05) is 0 Å². The average Bonchev–Trinajstić information content (AvgIpc) is 2.54. The van der Waals surface area contributed by atoms with Gasteiger partial charge in [-0.1, -0.05) is 0 Å². The molecule has 1 heterocycles. The lowest BCUT2D eigenvalue weighted by Crippen LogP contribution is -2.61. The van der Waals surface area contributed by atoms with Gasteiger partial charge in [0.1, 0.15) is 28.9 Å². The molecule has 1 aromatic rings. The van der Waals surface area contributed by atoms with Crippen LogP contribution in [0, 0.1) is 6.92 Å². The summed E-state index contributed by atoms with van der Waals surface area (Å²) in [4.78, 5) is 25.5. The number of hydrogen-bond donors (Lipinski definition) is 2. The number of phenols is 1. The van der Waals surface area contributed by atoms with Crippen molar-refractivity contribution in [1.29, 1.82) is 0 Å². The average molecular weight is 334 g/mol. The number of aliphatic hydroxyl groups excluding tert-OH is 1. The van der Waals surface area contributed by atoms with E-state index < -0.39 is 23.5 Å². The maximum atomic E-state index is 13.0. The van der Waals surface area contributed by atoms with E-state index in [2.05, 4.69) is 0 Å². The zero-order valence-corrected chi connectivity index (χ0v) is 13.6. The van der Waals surface area contributed by atoms with E-state index in [1.165, 1.54) is 19.2 Å². The van der Waals surface area contributed by atoms with Crippen LogP contribution in [0.1, 0.15) is 28.8 Å². The van der Waals surface area contributed by atoms with Gasteiger partial charge in [-0.2, -0.15) is 0 Å². The number of ether oxygens (including phenoxy) is 3. The van der Waals surface area contributed by atoms with Crippen LogP contribution >= 0.6 is 0 Å². The smallest absolute Gasteiger partial charge is 0.358 e. The zero-order valence-electron chi connectivity index (χ0n) is 13.6.